The Hall–Kier alpha value is -1.84. The number of aliphatic hydroxyl groups is 1. The number of aliphatic hydroxyl groups excluding tert-OH is 1. The van der Waals surface area contributed by atoms with Crippen LogP contribution in [-0.4, -0.2) is 37.7 Å². The summed E-state index contributed by atoms with van der Waals surface area (Å²) in [6.45, 7) is 1.91. The summed E-state index contributed by atoms with van der Waals surface area (Å²) in [6.07, 6.45) is 0. The van der Waals surface area contributed by atoms with E-state index < -0.39 is 0 Å². The Morgan fingerprint density at radius 2 is 2.06 bits per heavy atom. The smallest absolute Gasteiger partial charge is 0.215 e. The van der Waals surface area contributed by atoms with Gasteiger partial charge in [-0.25, -0.2) is 0 Å². The molecule has 0 radical (unpaired) electrons. The SMILES string of the molecule is Cc1ccc(-n2nnnc2SCC#CCO)cc1. The van der Waals surface area contributed by atoms with E-state index >= 15 is 0 Å². The first-order valence-electron chi connectivity index (χ1n) is 5.36. The van der Waals surface area contributed by atoms with Gasteiger partial charge in [-0.2, -0.15) is 4.68 Å². The second-order valence-electron chi connectivity index (χ2n) is 3.51. The zero-order valence-electron chi connectivity index (χ0n) is 9.87. The summed E-state index contributed by atoms with van der Waals surface area (Å²) >= 11 is 1.43. The number of benzene rings is 1. The number of thioether (sulfide) groups is 1. The van der Waals surface area contributed by atoms with Crippen LogP contribution >= 0.6 is 11.8 Å². The van der Waals surface area contributed by atoms with Crippen molar-refractivity contribution < 1.29 is 5.11 Å². The number of hydrogen-bond acceptors (Lipinski definition) is 5. The molecule has 1 aromatic heterocycles. The summed E-state index contributed by atoms with van der Waals surface area (Å²) in [5, 5.41) is 20.8. The van der Waals surface area contributed by atoms with Crippen molar-refractivity contribution in [2.24, 2.45) is 0 Å². The van der Waals surface area contributed by atoms with Crippen LogP contribution in [0.25, 0.3) is 5.69 Å². The first-order valence-corrected chi connectivity index (χ1v) is 6.34. The Morgan fingerprint density at radius 1 is 1.28 bits per heavy atom. The third-order valence-electron chi connectivity index (χ3n) is 2.20. The first-order chi connectivity index (χ1) is 8.81. The van der Waals surface area contributed by atoms with Crippen molar-refractivity contribution in [2.75, 3.05) is 12.4 Å². The van der Waals surface area contributed by atoms with E-state index in [0.717, 1.165) is 5.69 Å². The minimum atomic E-state index is -0.122. The third-order valence-corrected chi connectivity index (χ3v) is 3.00. The molecule has 92 valence electrons. The molecule has 0 aliphatic rings. The van der Waals surface area contributed by atoms with Gasteiger partial charge in [0.1, 0.15) is 6.61 Å². The first kappa shape index (κ1) is 12.6. The van der Waals surface area contributed by atoms with Gasteiger partial charge in [-0.1, -0.05) is 41.3 Å². The number of tetrazole rings is 1. The van der Waals surface area contributed by atoms with Crippen LogP contribution < -0.4 is 0 Å². The molecule has 0 saturated heterocycles. The minimum Gasteiger partial charge on any atom is -0.384 e. The van der Waals surface area contributed by atoms with E-state index in [4.69, 9.17) is 5.11 Å². The fraction of sp³-hybridized carbons (Fsp3) is 0.250. The molecule has 0 spiro atoms. The second-order valence-corrected chi connectivity index (χ2v) is 4.45. The van der Waals surface area contributed by atoms with E-state index in [1.807, 2.05) is 31.2 Å². The molecular formula is C12H12N4OS. The van der Waals surface area contributed by atoms with E-state index in [1.54, 1.807) is 4.68 Å². The highest BCUT2D eigenvalue weighted by Crippen LogP contribution is 2.17. The lowest BCUT2D eigenvalue weighted by Gasteiger charge is -2.02. The average molecular weight is 260 g/mol. The van der Waals surface area contributed by atoms with Crippen LogP contribution in [0.2, 0.25) is 0 Å². The fourth-order valence-electron chi connectivity index (χ4n) is 1.32. The van der Waals surface area contributed by atoms with Gasteiger partial charge in [0.2, 0.25) is 5.16 Å². The summed E-state index contributed by atoms with van der Waals surface area (Å²) in [4.78, 5) is 0. The van der Waals surface area contributed by atoms with Crippen LogP contribution in [0.3, 0.4) is 0 Å². The molecule has 0 atom stereocenters. The number of hydrogen-bond donors (Lipinski definition) is 1. The van der Waals surface area contributed by atoms with Gasteiger partial charge < -0.3 is 5.11 Å². The van der Waals surface area contributed by atoms with E-state index in [0.29, 0.717) is 10.9 Å². The number of rotatable bonds is 3. The van der Waals surface area contributed by atoms with Crippen molar-refractivity contribution in [2.45, 2.75) is 12.1 Å². The molecule has 2 rings (SSSR count). The van der Waals surface area contributed by atoms with Gasteiger partial charge in [0, 0.05) is 0 Å². The van der Waals surface area contributed by atoms with Crippen molar-refractivity contribution in [3.8, 4) is 17.5 Å². The summed E-state index contributed by atoms with van der Waals surface area (Å²) in [7, 11) is 0. The highest BCUT2D eigenvalue weighted by Gasteiger charge is 2.07. The summed E-state index contributed by atoms with van der Waals surface area (Å²) < 4.78 is 1.67. The van der Waals surface area contributed by atoms with Gasteiger partial charge in [-0.05, 0) is 29.5 Å². The molecule has 0 saturated carbocycles. The van der Waals surface area contributed by atoms with E-state index in [-0.39, 0.29) is 6.61 Å². The monoisotopic (exact) mass is 260 g/mol. The van der Waals surface area contributed by atoms with Gasteiger partial charge in [-0.15, -0.1) is 5.10 Å². The number of aryl methyl sites for hydroxylation is 1. The van der Waals surface area contributed by atoms with Crippen LogP contribution in [0, 0.1) is 18.8 Å². The van der Waals surface area contributed by atoms with Crippen molar-refractivity contribution in [1.29, 1.82) is 0 Å². The molecular weight excluding hydrogens is 248 g/mol. The van der Waals surface area contributed by atoms with Gasteiger partial charge in [-0.3, -0.25) is 0 Å². The van der Waals surface area contributed by atoms with Crippen LogP contribution in [-0.2, 0) is 0 Å². The van der Waals surface area contributed by atoms with Crippen LogP contribution in [0.1, 0.15) is 5.56 Å². The summed E-state index contributed by atoms with van der Waals surface area (Å²) in [6, 6.07) is 7.96. The highest BCUT2D eigenvalue weighted by atomic mass is 32.2. The second kappa shape index (κ2) is 6.19. The lowest BCUT2D eigenvalue weighted by molar-refractivity contribution is 0.350. The number of aromatic nitrogens is 4. The standard InChI is InChI=1S/C12H12N4OS/c1-10-4-6-11(7-5-10)16-12(13-14-15-16)18-9-3-2-8-17/h4-7,17H,8-9H2,1H3. The Labute approximate surface area is 109 Å². The Bertz CT molecular complexity index is 568. The molecule has 5 nitrogen and oxygen atoms in total. The van der Waals surface area contributed by atoms with Crippen molar-refractivity contribution in [3.05, 3.63) is 29.8 Å². The quantitative estimate of drug-likeness (QED) is 0.660. The highest BCUT2D eigenvalue weighted by molar-refractivity contribution is 7.99. The molecule has 0 amide bonds. The molecule has 1 aromatic carbocycles. The Kier molecular flexibility index (Phi) is 4.34. The maximum absolute atomic E-state index is 8.55. The van der Waals surface area contributed by atoms with Crippen molar-refractivity contribution >= 4 is 11.8 Å². The normalized spacial score (nSPS) is 9.89. The molecule has 6 heteroatoms. The third kappa shape index (κ3) is 3.09. The zero-order chi connectivity index (χ0) is 12.8. The molecule has 0 unspecified atom stereocenters. The molecule has 0 fully saturated rings. The lowest BCUT2D eigenvalue weighted by atomic mass is 10.2. The molecule has 1 N–H and O–H groups in total. The Balaban J connectivity index is 2.14. The maximum Gasteiger partial charge on any atom is 0.215 e. The summed E-state index contributed by atoms with van der Waals surface area (Å²) in [5.74, 6) is 5.95. The summed E-state index contributed by atoms with van der Waals surface area (Å²) in [5.41, 5.74) is 2.11. The Morgan fingerprint density at radius 3 is 2.78 bits per heavy atom. The number of nitrogens with zero attached hydrogens (tertiary/aromatic N) is 4. The van der Waals surface area contributed by atoms with E-state index in [1.165, 1.54) is 17.3 Å². The minimum absolute atomic E-state index is 0.122. The van der Waals surface area contributed by atoms with Crippen molar-refractivity contribution in [3.63, 3.8) is 0 Å². The van der Waals surface area contributed by atoms with Crippen LogP contribution in [0.15, 0.2) is 29.4 Å². The van der Waals surface area contributed by atoms with Crippen LogP contribution in [0.4, 0.5) is 0 Å². The molecule has 0 bridgehead atoms. The predicted octanol–water partition coefficient (Wildman–Crippen LogP) is 1.06. The van der Waals surface area contributed by atoms with Gasteiger partial charge in [0.15, 0.2) is 0 Å². The molecule has 0 aliphatic carbocycles. The fourth-order valence-corrected chi connectivity index (χ4v) is 1.99. The van der Waals surface area contributed by atoms with E-state index in [2.05, 4.69) is 27.4 Å². The van der Waals surface area contributed by atoms with Crippen molar-refractivity contribution in [1.82, 2.24) is 20.2 Å². The predicted molar refractivity (Wildman–Crippen MR) is 69.5 cm³/mol. The molecule has 18 heavy (non-hydrogen) atoms. The topological polar surface area (TPSA) is 63.8 Å². The van der Waals surface area contributed by atoms with Crippen LogP contribution in [0.5, 0.6) is 0 Å². The zero-order valence-corrected chi connectivity index (χ0v) is 10.7. The molecule has 1 heterocycles. The molecule has 2 aromatic rings. The van der Waals surface area contributed by atoms with Gasteiger partial charge >= 0.3 is 0 Å². The van der Waals surface area contributed by atoms with E-state index in [9.17, 15) is 0 Å². The average Bonchev–Trinajstić information content (AvgIpc) is 2.84. The maximum atomic E-state index is 8.55. The van der Waals surface area contributed by atoms with Gasteiger partial charge in [0.25, 0.3) is 0 Å². The lowest BCUT2D eigenvalue weighted by Crippen LogP contribution is -1.99. The van der Waals surface area contributed by atoms with Gasteiger partial charge in [0.05, 0.1) is 11.4 Å². The molecule has 0 aliphatic heterocycles. The largest absolute Gasteiger partial charge is 0.384 e.